The molecule has 0 fully saturated rings. The maximum atomic E-state index is 11.3. The van der Waals surface area contributed by atoms with Crippen molar-refractivity contribution in [3.8, 4) is 17.1 Å². The molecule has 2 aromatic carbocycles. The molecule has 0 saturated carbocycles. The van der Waals surface area contributed by atoms with E-state index >= 15 is 0 Å². The minimum atomic E-state index is -0.974. The van der Waals surface area contributed by atoms with E-state index in [1.807, 2.05) is 12.1 Å². The molecule has 1 unspecified atom stereocenters. The molecule has 0 aliphatic carbocycles. The summed E-state index contributed by atoms with van der Waals surface area (Å²) < 4.78 is 9.17. The Morgan fingerprint density at radius 3 is 2.51 bits per heavy atom. The maximum absolute atomic E-state index is 11.3. The van der Waals surface area contributed by atoms with Gasteiger partial charge in [0.15, 0.2) is 0 Å². The molecule has 35 heavy (non-hydrogen) atoms. The number of ether oxygens (including phenoxy) is 1. The Morgan fingerprint density at radius 2 is 1.83 bits per heavy atom. The van der Waals surface area contributed by atoms with Crippen molar-refractivity contribution >= 4 is 23.9 Å². The summed E-state index contributed by atoms with van der Waals surface area (Å²) in [4.78, 5) is 21.3. The molecule has 0 aliphatic heterocycles. The van der Waals surface area contributed by atoms with E-state index < -0.39 is 5.97 Å². The first-order valence-electron chi connectivity index (χ1n) is 11.5. The first kappa shape index (κ1) is 26.5. The van der Waals surface area contributed by atoms with E-state index in [1.54, 1.807) is 18.2 Å². The fraction of sp³-hybridized carbons (Fsp3) is 0.370. The van der Waals surface area contributed by atoms with Gasteiger partial charge in [-0.05, 0) is 79.4 Å². The van der Waals surface area contributed by atoms with Gasteiger partial charge >= 0.3 is 5.97 Å². The highest BCUT2D eigenvalue weighted by molar-refractivity contribution is 8.00. The highest BCUT2D eigenvalue weighted by Gasteiger charge is 2.18. The van der Waals surface area contributed by atoms with Gasteiger partial charge in [-0.3, -0.25) is 4.72 Å². The number of hydrogen-bond acceptors (Lipinski definition) is 7. The van der Waals surface area contributed by atoms with E-state index in [0.29, 0.717) is 18.4 Å². The normalized spacial score (nSPS) is 12.3. The lowest BCUT2D eigenvalue weighted by Crippen LogP contribution is -2.32. The van der Waals surface area contributed by atoms with Crippen LogP contribution in [-0.2, 0) is 0 Å². The SMILES string of the molecule is Cc1ccc(C)c(-c2cc(OCC(N)CC(C)(C)C)nc(NSc3cccc(C(=O)O)c3)n2)c1C. The molecule has 1 aromatic heterocycles. The lowest BCUT2D eigenvalue weighted by atomic mass is 9.89. The van der Waals surface area contributed by atoms with Gasteiger partial charge in [-0.25, -0.2) is 9.78 Å². The zero-order valence-electron chi connectivity index (χ0n) is 21.2. The number of hydrogen-bond donors (Lipinski definition) is 3. The van der Waals surface area contributed by atoms with Crippen molar-refractivity contribution in [2.75, 3.05) is 11.3 Å². The van der Waals surface area contributed by atoms with Crippen LogP contribution in [0.3, 0.4) is 0 Å². The molecule has 0 saturated heterocycles. The first-order chi connectivity index (χ1) is 16.4. The number of aryl methyl sites for hydroxylation is 2. The largest absolute Gasteiger partial charge is 0.478 e. The second-order valence-corrected chi connectivity index (χ2v) is 10.9. The van der Waals surface area contributed by atoms with Gasteiger partial charge in [-0.2, -0.15) is 4.98 Å². The van der Waals surface area contributed by atoms with E-state index in [0.717, 1.165) is 33.7 Å². The number of carboxylic acids is 1. The average molecular weight is 495 g/mol. The van der Waals surface area contributed by atoms with Crippen LogP contribution in [0.5, 0.6) is 5.88 Å². The Bertz CT molecular complexity index is 1210. The molecule has 3 aromatic rings. The Hall–Kier alpha value is -3.10. The molecule has 3 rings (SSSR count). The van der Waals surface area contributed by atoms with Gasteiger partial charge in [0.25, 0.3) is 0 Å². The fourth-order valence-electron chi connectivity index (χ4n) is 3.85. The summed E-state index contributed by atoms with van der Waals surface area (Å²) in [6, 6.07) is 12.6. The summed E-state index contributed by atoms with van der Waals surface area (Å²) in [6.07, 6.45) is 0.821. The second-order valence-electron chi connectivity index (χ2n) is 9.99. The van der Waals surface area contributed by atoms with Crippen molar-refractivity contribution in [1.29, 1.82) is 0 Å². The summed E-state index contributed by atoms with van der Waals surface area (Å²) in [6.45, 7) is 13.0. The van der Waals surface area contributed by atoms with Gasteiger partial charge in [-0.1, -0.05) is 39.0 Å². The Morgan fingerprint density at radius 1 is 1.11 bits per heavy atom. The molecule has 0 radical (unpaired) electrons. The number of aromatic carboxylic acids is 1. The molecule has 7 nitrogen and oxygen atoms in total. The van der Waals surface area contributed by atoms with Gasteiger partial charge in [0.05, 0.1) is 11.3 Å². The average Bonchev–Trinajstić information content (AvgIpc) is 2.78. The number of rotatable bonds is 9. The van der Waals surface area contributed by atoms with E-state index in [-0.39, 0.29) is 17.0 Å². The molecule has 4 N–H and O–H groups in total. The summed E-state index contributed by atoms with van der Waals surface area (Å²) in [5.74, 6) is -0.173. The van der Waals surface area contributed by atoms with Crippen molar-refractivity contribution in [2.24, 2.45) is 11.1 Å². The number of carboxylic acid groups (broad SMARTS) is 1. The van der Waals surface area contributed by atoms with Crippen molar-refractivity contribution in [3.05, 3.63) is 64.7 Å². The smallest absolute Gasteiger partial charge is 0.335 e. The Kier molecular flexibility index (Phi) is 8.40. The summed E-state index contributed by atoms with van der Waals surface area (Å²) >= 11 is 1.24. The second kappa shape index (κ2) is 11.1. The van der Waals surface area contributed by atoms with E-state index in [2.05, 4.69) is 63.4 Å². The quantitative estimate of drug-likeness (QED) is 0.309. The topological polar surface area (TPSA) is 110 Å². The Balaban J connectivity index is 1.91. The summed E-state index contributed by atoms with van der Waals surface area (Å²) in [5.41, 5.74) is 11.8. The Labute approximate surface area is 211 Å². The fourth-order valence-corrected chi connectivity index (χ4v) is 4.49. The minimum absolute atomic E-state index is 0.100. The molecule has 8 heteroatoms. The predicted molar refractivity (Wildman–Crippen MR) is 142 cm³/mol. The molecule has 0 amide bonds. The number of anilines is 1. The highest BCUT2D eigenvalue weighted by atomic mass is 32.2. The van der Waals surface area contributed by atoms with Crippen molar-refractivity contribution < 1.29 is 14.6 Å². The van der Waals surface area contributed by atoms with Crippen LogP contribution in [0.25, 0.3) is 11.3 Å². The predicted octanol–water partition coefficient (Wildman–Crippen LogP) is 6.03. The van der Waals surface area contributed by atoms with Crippen molar-refractivity contribution in [2.45, 2.75) is 58.9 Å². The van der Waals surface area contributed by atoms with Crippen LogP contribution in [0.15, 0.2) is 47.4 Å². The lowest BCUT2D eigenvalue weighted by Gasteiger charge is -2.23. The monoisotopic (exact) mass is 494 g/mol. The molecular formula is C27H34N4O3S. The van der Waals surface area contributed by atoms with E-state index in [1.165, 1.54) is 17.5 Å². The number of aromatic nitrogens is 2. The zero-order valence-corrected chi connectivity index (χ0v) is 22.0. The zero-order chi connectivity index (χ0) is 25.8. The first-order valence-corrected chi connectivity index (χ1v) is 12.4. The third-order valence-corrected chi connectivity index (χ3v) is 6.34. The molecule has 0 aliphatic rings. The number of nitrogens with two attached hydrogens (primary N) is 1. The maximum Gasteiger partial charge on any atom is 0.335 e. The number of benzene rings is 2. The highest BCUT2D eigenvalue weighted by Crippen LogP contribution is 2.32. The number of carbonyl (C=O) groups is 1. The summed E-state index contributed by atoms with van der Waals surface area (Å²) in [5, 5.41) is 9.26. The van der Waals surface area contributed by atoms with Crippen molar-refractivity contribution in [3.63, 3.8) is 0 Å². The van der Waals surface area contributed by atoms with Crippen molar-refractivity contribution in [1.82, 2.24) is 9.97 Å². The van der Waals surface area contributed by atoms with Gasteiger partial charge < -0.3 is 15.6 Å². The summed E-state index contributed by atoms with van der Waals surface area (Å²) in [7, 11) is 0. The van der Waals surface area contributed by atoms with Crippen LogP contribution in [0.4, 0.5) is 5.95 Å². The van der Waals surface area contributed by atoms with Crippen LogP contribution in [0.2, 0.25) is 0 Å². The molecular weight excluding hydrogens is 460 g/mol. The van der Waals surface area contributed by atoms with Crippen LogP contribution >= 0.6 is 11.9 Å². The van der Waals surface area contributed by atoms with Crippen LogP contribution in [-0.4, -0.2) is 33.7 Å². The minimum Gasteiger partial charge on any atom is -0.478 e. The third kappa shape index (κ3) is 7.44. The lowest BCUT2D eigenvalue weighted by molar-refractivity contribution is 0.0696. The molecule has 1 heterocycles. The van der Waals surface area contributed by atoms with Gasteiger partial charge in [-0.15, -0.1) is 0 Å². The van der Waals surface area contributed by atoms with E-state index in [4.69, 9.17) is 15.5 Å². The van der Waals surface area contributed by atoms with E-state index in [9.17, 15) is 9.90 Å². The molecule has 186 valence electrons. The number of nitrogens with one attached hydrogen (secondary N) is 1. The standard InChI is InChI=1S/C27H34N4O3S/c1-16-10-11-17(2)24(18(16)3)22-13-23(34-15-20(28)14-27(4,5)6)30-26(29-22)31-35-21-9-7-8-19(12-21)25(32)33/h7-13,20H,14-15,28H2,1-6H3,(H,32,33)(H,29,30,31). The molecule has 0 spiro atoms. The molecule has 0 bridgehead atoms. The van der Waals surface area contributed by atoms with Crippen LogP contribution in [0, 0.1) is 26.2 Å². The third-order valence-electron chi connectivity index (χ3n) is 5.56. The van der Waals surface area contributed by atoms with Gasteiger partial charge in [0.2, 0.25) is 11.8 Å². The number of nitrogens with zero attached hydrogens (tertiary/aromatic N) is 2. The van der Waals surface area contributed by atoms with Crippen LogP contribution < -0.4 is 15.2 Å². The van der Waals surface area contributed by atoms with Gasteiger partial charge in [0.1, 0.15) is 6.61 Å². The molecule has 1 atom stereocenters. The van der Waals surface area contributed by atoms with Crippen LogP contribution in [0.1, 0.15) is 54.2 Å². The van der Waals surface area contributed by atoms with Gasteiger partial charge in [0, 0.05) is 22.6 Å².